The third-order valence-electron chi connectivity index (χ3n) is 2.18. The molecular formula is C11H9BrN2S. The lowest BCUT2D eigenvalue weighted by Crippen LogP contribution is -2.00. The maximum atomic E-state index is 5.33. The average Bonchev–Trinajstić information content (AvgIpc) is 2.56. The van der Waals surface area contributed by atoms with Crippen LogP contribution in [0.1, 0.15) is 5.82 Å². The van der Waals surface area contributed by atoms with E-state index in [2.05, 4.69) is 39.5 Å². The van der Waals surface area contributed by atoms with Gasteiger partial charge in [-0.25, -0.2) is 4.98 Å². The zero-order valence-corrected chi connectivity index (χ0v) is 10.4. The van der Waals surface area contributed by atoms with E-state index in [9.17, 15) is 0 Å². The molecule has 0 saturated carbocycles. The number of thiol groups is 1. The van der Waals surface area contributed by atoms with Crippen molar-refractivity contribution < 1.29 is 0 Å². The largest absolute Gasteiger partial charge is 0.315 e. The molecule has 4 heteroatoms. The molecule has 1 aromatic carbocycles. The number of hydrogen-bond donors (Lipinski definition) is 1. The number of hydrogen-bond acceptors (Lipinski definition) is 2. The van der Waals surface area contributed by atoms with Gasteiger partial charge in [0.2, 0.25) is 0 Å². The summed E-state index contributed by atoms with van der Waals surface area (Å²) in [4.78, 5) is 4.47. The smallest absolute Gasteiger partial charge is 0.120 e. The van der Waals surface area contributed by atoms with Crippen LogP contribution in [0.2, 0.25) is 0 Å². The van der Waals surface area contributed by atoms with Gasteiger partial charge < -0.3 is 4.57 Å². The molecule has 76 valence electrons. The van der Waals surface area contributed by atoms with Crippen LogP contribution < -0.4 is 0 Å². The lowest BCUT2D eigenvalue weighted by molar-refractivity contribution is 0.818. The van der Waals surface area contributed by atoms with E-state index in [0.29, 0.717) is 12.3 Å². The van der Waals surface area contributed by atoms with Crippen LogP contribution in [-0.2, 0) is 12.3 Å². The fourth-order valence-corrected chi connectivity index (χ4v) is 2.13. The van der Waals surface area contributed by atoms with Crippen molar-refractivity contribution >= 4 is 39.6 Å². The maximum absolute atomic E-state index is 5.33. The molecule has 2 aromatic rings. The molecule has 0 unspecified atom stereocenters. The first kappa shape index (κ1) is 10.6. The van der Waals surface area contributed by atoms with Crippen molar-refractivity contribution in [3.63, 3.8) is 0 Å². The zero-order chi connectivity index (χ0) is 10.8. The van der Waals surface area contributed by atoms with E-state index in [1.165, 1.54) is 0 Å². The molecule has 0 aliphatic heterocycles. The topological polar surface area (TPSA) is 17.8 Å². The highest BCUT2D eigenvalue weighted by Crippen LogP contribution is 2.21. The molecule has 0 amide bonds. The molecule has 0 saturated heterocycles. The van der Waals surface area contributed by atoms with Crippen LogP contribution in [-0.4, -0.2) is 9.55 Å². The van der Waals surface area contributed by atoms with E-state index in [0.717, 1.165) is 21.3 Å². The molecule has 0 bridgehead atoms. The van der Waals surface area contributed by atoms with Gasteiger partial charge in [-0.3, -0.25) is 0 Å². The Morgan fingerprint density at radius 3 is 3.00 bits per heavy atom. The highest BCUT2D eigenvalue weighted by Gasteiger charge is 2.08. The van der Waals surface area contributed by atoms with E-state index in [1.54, 1.807) is 0 Å². The number of fused-ring (bicyclic) bond motifs is 1. The van der Waals surface area contributed by atoms with Crippen molar-refractivity contribution in [2.75, 3.05) is 0 Å². The van der Waals surface area contributed by atoms with Gasteiger partial charge in [-0.2, -0.15) is 12.6 Å². The van der Waals surface area contributed by atoms with Crippen LogP contribution >= 0.6 is 28.6 Å². The number of rotatable bonds is 2. The van der Waals surface area contributed by atoms with E-state index in [1.807, 2.05) is 22.8 Å². The summed E-state index contributed by atoms with van der Waals surface area (Å²) in [6.07, 6.45) is 5.33. The normalized spacial score (nSPS) is 10.5. The zero-order valence-electron chi connectivity index (χ0n) is 7.94. The molecule has 0 aliphatic rings. The van der Waals surface area contributed by atoms with Gasteiger partial charge in [0.15, 0.2) is 0 Å². The SMILES string of the molecule is C#CCn1c(CS)nc2cc(Br)ccc21. The number of benzene rings is 1. The quantitative estimate of drug-likeness (QED) is 0.662. The van der Waals surface area contributed by atoms with Crippen LogP contribution in [0.3, 0.4) is 0 Å². The second kappa shape index (κ2) is 4.30. The van der Waals surface area contributed by atoms with Crippen molar-refractivity contribution in [2.24, 2.45) is 0 Å². The van der Waals surface area contributed by atoms with Gasteiger partial charge in [0, 0.05) is 10.2 Å². The van der Waals surface area contributed by atoms with Crippen LogP contribution in [0, 0.1) is 12.3 Å². The van der Waals surface area contributed by atoms with E-state index in [4.69, 9.17) is 6.42 Å². The second-order valence-corrected chi connectivity index (χ2v) is 4.34. The Bertz CT molecular complexity index is 539. The molecule has 0 atom stereocenters. The molecule has 0 radical (unpaired) electrons. The van der Waals surface area contributed by atoms with E-state index < -0.39 is 0 Å². The predicted octanol–water partition coefficient (Wildman–Crippen LogP) is 2.86. The van der Waals surface area contributed by atoms with Crippen LogP contribution in [0.15, 0.2) is 22.7 Å². The molecule has 2 rings (SSSR count). The number of imidazole rings is 1. The molecule has 0 aliphatic carbocycles. The fraction of sp³-hybridized carbons (Fsp3) is 0.182. The monoisotopic (exact) mass is 280 g/mol. The standard InChI is InChI=1S/C11H9BrN2S/c1-2-5-14-10-4-3-8(12)6-9(10)13-11(14)7-15/h1,3-4,6,15H,5,7H2. The van der Waals surface area contributed by atoms with Gasteiger partial charge in [0.1, 0.15) is 5.82 Å². The van der Waals surface area contributed by atoms with Crippen molar-refractivity contribution in [1.29, 1.82) is 0 Å². The highest BCUT2D eigenvalue weighted by atomic mass is 79.9. The summed E-state index contributed by atoms with van der Waals surface area (Å²) < 4.78 is 3.03. The Morgan fingerprint density at radius 2 is 2.33 bits per heavy atom. The molecule has 0 spiro atoms. The minimum atomic E-state index is 0.536. The number of halogens is 1. The van der Waals surface area contributed by atoms with Crippen LogP contribution in [0.25, 0.3) is 11.0 Å². The maximum Gasteiger partial charge on any atom is 0.120 e. The first-order chi connectivity index (χ1) is 7.26. The van der Waals surface area contributed by atoms with Gasteiger partial charge >= 0.3 is 0 Å². The van der Waals surface area contributed by atoms with Gasteiger partial charge in [0.25, 0.3) is 0 Å². The Morgan fingerprint density at radius 1 is 1.53 bits per heavy atom. The lowest BCUT2D eigenvalue weighted by Gasteiger charge is -2.02. The summed E-state index contributed by atoms with van der Waals surface area (Å²) in [7, 11) is 0. The predicted molar refractivity (Wildman–Crippen MR) is 69.0 cm³/mol. The van der Waals surface area contributed by atoms with Crippen LogP contribution in [0.4, 0.5) is 0 Å². The summed E-state index contributed by atoms with van der Waals surface area (Å²) in [5.41, 5.74) is 2.00. The third kappa shape index (κ3) is 1.90. The average molecular weight is 281 g/mol. The summed E-state index contributed by atoms with van der Waals surface area (Å²) in [5, 5.41) is 0. The Kier molecular flexibility index (Phi) is 3.03. The first-order valence-corrected chi connectivity index (χ1v) is 5.88. The fourth-order valence-electron chi connectivity index (χ4n) is 1.54. The van der Waals surface area contributed by atoms with Crippen molar-refractivity contribution in [2.45, 2.75) is 12.3 Å². The van der Waals surface area contributed by atoms with Crippen molar-refractivity contribution in [3.8, 4) is 12.3 Å². The molecule has 0 fully saturated rings. The molecular weight excluding hydrogens is 272 g/mol. The minimum absolute atomic E-state index is 0.536. The number of nitrogens with zero attached hydrogens (tertiary/aromatic N) is 2. The summed E-state index contributed by atoms with van der Waals surface area (Å²) in [5.74, 6) is 4.13. The lowest BCUT2D eigenvalue weighted by atomic mass is 10.3. The molecule has 1 heterocycles. The molecule has 15 heavy (non-hydrogen) atoms. The third-order valence-corrected chi connectivity index (χ3v) is 2.96. The molecule has 2 nitrogen and oxygen atoms in total. The van der Waals surface area contributed by atoms with E-state index in [-0.39, 0.29) is 0 Å². The van der Waals surface area contributed by atoms with Crippen molar-refractivity contribution in [1.82, 2.24) is 9.55 Å². The molecule has 0 N–H and O–H groups in total. The second-order valence-electron chi connectivity index (χ2n) is 3.11. The van der Waals surface area contributed by atoms with E-state index >= 15 is 0 Å². The Labute approximate surface area is 102 Å². The summed E-state index contributed by atoms with van der Waals surface area (Å²) >= 11 is 7.66. The number of terminal acetylenes is 1. The van der Waals surface area contributed by atoms with Gasteiger partial charge in [-0.15, -0.1) is 6.42 Å². The van der Waals surface area contributed by atoms with Gasteiger partial charge in [-0.1, -0.05) is 21.9 Å². The molecule has 1 aromatic heterocycles. The van der Waals surface area contributed by atoms with Gasteiger partial charge in [0.05, 0.1) is 17.6 Å². The highest BCUT2D eigenvalue weighted by molar-refractivity contribution is 9.10. The van der Waals surface area contributed by atoms with Crippen molar-refractivity contribution in [3.05, 3.63) is 28.5 Å². The Hall–Kier alpha value is -0.920. The summed E-state index contributed by atoms with van der Waals surface area (Å²) in [6.45, 7) is 0.536. The number of aromatic nitrogens is 2. The first-order valence-electron chi connectivity index (χ1n) is 4.45. The Balaban J connectivity index is 2.70. The van der Waals surface area contributed by atoms with Crippen LogP contribution in [0.5, 0.6) is 0 Å². The summed E-state index contributed by atoms with van der Waals surface area (Å²) in [6, 6.07) is 5.98. The minimum Gasteiger partial charge on any atom is -0.315 e. The van der Waals surface area contributed by atoms with Gasteiger partial charge in [-0.05, 0) is 18.2 Å².